The van der Waals surface area contributed by atoms with E-state index >= 15 is 0 Å². The van der Waals surface area contributed by atoms with Gasteiger partial charge in [-0.2, -0.15) is 0 Å². The van der Waals surface area contributed by atoms with E-state index < -0.39 is 0 Å². The van der Waals surface area contributed by atoms with Crippen LogP contribution in [-0.4, -0.2) is 26.2 Å². The summed E-state index contributed by atoms with van der Waals surface area (Å²) in [6.07, 6.45) is 11.1. The highest BCUT2D eigenvalue weighted by atomic mass is 15.0. The van der Waals surface area contributed by atoms with E-state index in [0.717, 1.165) is 5.92 Å². The van der Waals surface area contributed by atoms with Crippen molar-refractivity contribution in [2.24, 2.45) is 11.3 Å². The molecule has 0 bridgehead atoms. The highest BCUT2D eigenvalue weighted by Gasteiger charge is 2.31. The third-order valence-corrected chi connectivity index (χ3v) is 4.50. The van der Waals surface area contributed by atoms with Crippen LogP contribution in [0.2, 0.25) is 0 Å². The summed E-state index contributed by atoms with van der Waals surface area (Å²) in [5, 5.41) is 7.25. The highest BCUT2D eigenvalue weighted by Crippen LogP contribution is 2.30. The molecule has 1 aliphatic heterocycles. The van der Waals surface area contributed by atoms with Crippen LogP contribution in [0.5, 0.6) is 0 Å². The Labute approximate surface area is 121 Å². The molecule has 0 spiro atoms. The van der Waals surface area contributed by atoms with Crippen molar-refractivity contribution in [1.82, 2.24) is 10.6 Å². The fraction of sp³-hybridized carbons (Fsp3) is 1.00. The normalized spacial score (nSPS) is 23.4. The summed E-state index contributed by atoms with van der Waals surface area (Å²) in [5.41, 5.74) is 0.562. The van der Waals surface area contributed by atoms with Crippen LogP contribution in [0.1, 0.15) is 72.1 Å². The molecule has 0 aromatic heterocycles. The molecular weight excluding hydrogens is 232 g/mol. The van der Waals surface area contributed by atoms with Gasteiger partial charge in [-0.05, 0) is 43.7 Å². The lowest BCUT2D eigenvalue weighted by Gasteiger charge is -2.28. The van der Waals surface area contributed by atoms with E-state index in [1.54, 1.807) is 0 Å². The highest BCUT2D eigenvalue weighted by molar-refractivity contribution is 4.89. The zero-order chi connectivity index (χ0) is 14.0. The Morgan fingerprint density at radius 3 is 2.58 bits per heavy atom. The smallest absolute Gasteiger partial charge is 0.00205 e. The molecule has 2 N–H and O–H groups in total. The maximum atomic E-state index is 3.71. The summed E-state index contributed by atoms with van der Waals surface area (Å²) in [6.45, 7) is 11.8. The summed E-state index contributed by atoms with van der Waals surface area (Å²) < 4.78 is 0. The van der Waals surface area contributed by atoms with Crippen molar-refractivity contribution in [2.75, 3.05) is 26.2 Å². The standard InChI is InChI=1S/C17H36N2/c1-4-10-17(11-13-19-15-17)14-18-12-8-6-5-7-9-16(2)3/h16,18-19H,4-15H2,1-3H3. The largest absolute Gasteiger partial charge is 0.316 e. The molecule has 0 aromatic rings. The van der Waals surface area contributed by atoms with Crippen LogP contribution >= 0.6 is 0 Å². The Bertz CT molecular complexity index is 207. The van der Waals surface area contributed by atoms with Crippen LogP contribution in [0.3, 0.4) is 0 Å². The van der Waals surface area contributed by atoms with Gasteiger partial charge in [0.1, 0.15) is 0 Å². The lowest BCUT2D eigenvalue weighted by atomic mass is 9.82. The molecule has 1 fully saturated rings. The first-order chi connectivity index (χ1) is 9.18. The minimum atomic E-state index is 0.562. The Kier molecular flexibility index (Phi) is 8.72. The fourth-order valence-corrected chi connectivity index (χ4v) is 3.29. The van der Waals surface area contributed by atoms with E-state index in [2.05, 4.69) is 31.4 Å². The van der Waals surface area contributed by atoms with Crippen molar-refractivity contribution in [2.45, 2.75) is 72.1 Å². The van der Waals surface area contributed by atoms with Crippen LogP contribution in [0.4, 0.5) is 0 Å². The van der Waals surface area contributed by atoms with Gasteiger partial charge in [0.2, 0.25) is 0 Å². The topological polar surface area (TPSA) is 24.1 Å². The molecule has 1 heterocycles. The summed E-state index contributed by atoms with van der Waals surface area (Å²) in [5.74, 6) is 0.877. The van der Waals surface area contributed by atoms with E-state index in [9.17, 15) is 0 Å². The van der Waals surface area contributed by atoms with Gasteiger partial charge in [0.15, 0.2) is 0 Å². The van der Waals surface area contributed by atoms with Gasteiger partial charge in [-0.25, -0.2) is 0 Å². The summed E-state index contributed by atoms with van der Waals surface area (Å²) >= 11 is 0. The van der Waals surface area contributed by atoms with Crippen LogP contribution in [-0.2, 0) is 0 Å². The zero-order valence-electron chi connectivity index (χ0n) is 13.6. The second kappa shape index (κ2) is 9.77. The number of unbranched alkanes of at least 4 members (excludes halogenated alkanes) is 3. The molecular formula is C17H36N2. The maximum Gasteiger partial charge on any atom is 0.00205 e. The van der Waals surface area contributed by atoms with E-state index in [0.29, 0.717) is 5.41 Å². The first kappa shape index (κ1) is 17.0. The molecule has 1 atom stereocenters. The maximum absolute atomic E-state index is 3.71. The van der Waals surface area contributed by atoms with Crippen molar-refractivity contribution in [3.8, 4) is 0 Å². The van der Waals surface area contributed by atoms with Gasteiger partial charge in [-0.15, -0.1) is 0 Å². The van der Waals surface area contributed by atoms with E-state index in [1.165, 1.54) is 77.5 Å². The van der Waals surface area contributed by atoms with Crippen molar-refractivity contribution in [1.29, 1.82) is 0 Å². The van der Waals surface area contributed by atoms with Crippen LogP contribution in [0, 0.1) is 11.3 Å². The molecule has 0 aromatic carbocycles. The third-order valence-electron chi connectivity index (χ3n) is 4.50. The second-order valence-electron chi connectivity index (χ2n) is 6.95. The van der Waals surface area contributed by atoms with Gasteiger partial charge in [0, 0.05) is 13.1 Å². The molecule has 0 aliphatic carbocycles. The number of nitrogens with one attached hydrogen (secondary N) is 2. The molecule has 1 saturated heterocycles. The molecule has 0 saturated carbocycles. The minimum absolute atomic E-state index is 0.562. The van der Waals surface area contributed by atoms with Crippen molar-refractivity contribution >= 4 is 0 Å². The molecule has 19 heavy (non-hydrogen) atoms. The molecule has 0 amide bonds. The first-order valence-electron chi connectivity index (χ1n) is 8.60. The minimum Gasteiger partial charge on any atom is -0.316 e. The predicted octanol–water partition coefficient (Wildman–Crippen LogP) is 3.96. The van der Waals surface area contributed by atoms with E-state index in [1.807, 2.05) is 0 Å². The second-order valence-corrected chi connectivity index (χ2v) is 6.95. The lowest BCUT2D eigenvalue weighted by molar-refractivity contribution is 0.276. The Morgan fingerprint density at radius 2 is 1.95 bits per heavy atom. The summed E-state index contributed by atoms with van der Waals surface area (Å²) in [6, 6.07) is 0. The Hall–Kier alpha value is -0.0800. The van der Waals surface area contributed by atoms with Crippen LogP contribution in [0.15, 0.2) is 0 Å². The van der Waals surface area contributed by atoms with Gasteiger partial charge < -0.3 is 10.6 Å². The van der Waals surface area contributed by atoms with Crippen LogP contribution in [0.25, 0.3) is 0 Å². The van der Waals surface area contributed by atoms with Crippen molar-refractivity contribution < 1.29 is 0 Å². The zero-order valence-corrected chi connectivity index (χ0v) is 13.6. The number of hydrogen-bond acceptors (Lipinski definition) is 2. The molecule has 114 valence electrons. The van der Waals surface area contributed by atoms with Gasteiger partial charge in [0.25, 0.3) is 0 Å². The van der Waals surface area contributed by atoms with Gasteiger partial charge in [-0.3, -0.25) is 0 Å². The molecule has 0 radical (unpaired) electrons. The number of hydrogen-bond donors (Lipinski definition) is 2. The van der Waals surface area contributed by atoms with Crippen molar-refractivity contribution in [3.63, 3.8) is 0 Å². The average Bonchev–Trinajstić information content (AvgIpc) is 2.81. The molecule has 1 aliphatic rings. The van der Waals surface area contributed by atoms with Crippen molar-refractivity contribution in [3.05, 3.63) is 0 Å². The van der Waals surface area contributed by atoms with Crippen LogP contribution < -0.4 is 10.6 Å². The number of rotatable bonds is 11. The molecule has 1 rings (SSSR count). The SMILES string of the molecule is CCCC1(CNCCCCCCC(C)C)CCNC1. The lowest BCUT2D eigenvalue weighted by Crippen LogP contribution is -2.36. The van der Waals surface area contributed by atoms with Gasteiger partial charge >= 0.3 is 0 Å². The van der Waals surface area contributed by atoms with Gasteiger partial charge in [0.05, 0.1) is 0 Å². The third kappa shape index (κ3) is 7.31. The van der Waals surface area contributed by atoms with E-state index in [4.69, 9.17) is 0 Å². The molecule has 2 heteroatoms. The predicted molar refractivity (Wildman–Crippen MR) is 85.6 cm³/mol. The average molecular weight is 268 g/mol. The summed E-state index contributed by atoms with van der Waals surface area (Å²) in [4.78, 5) is 0. The Morgan fingerprint density at radius 1 is 1.16 bits per heavy atom. The quantitative estimate of drug-likeness (QED) is 0.554. The monoisotopic (exact) mass is 268 g/mol. The molecule has 1 unspecified atom stereocenters. The Balaban J connectivity index is 1.97. The summed E-state index contributed by atoms with van der Waals surface area (Å²) in [7, 11) is 0. The first-order valence-corrected chi connectivity index (χ1v) is 8.60. The van der Waals surface area contributed by atoms with E-state index in [-0.39, 0.29) is 0 Å². The van der Waals surface area contributed by atoms with Gasteiger partial charge in [-0.1, -0.05) is 52.9 Å². The molecule has 2 nitrogen and oxygen atoms in total. The fourth-order valence-electron chi connectivity index (χ4n) is 3.29.